The van der Waals surface area contributed by atoms with E-state index in [4.69, 9.17) is 5.73 Å². The van der Waals surface area contributed by atoms with E-state index < -0.39 is 0 Å². The van der Waals surface area contributed by atoms with Crippen LogP contribution in [0.5, 0.6) is 0 Å². The molecule has 0 saturated heterocycles. The molecule has 0 aromatic rings. The molecule has 0 bridgehead atoms. The average Bonchev–Trinajstić information content (AvgIpc) is 2.32. The van der Waals surface area contributed by atoms with E-state index in [1.165, 1.54) is 5.70 Å². The first-order chi connectivity index (χ1) is 5.70. The van der Waals surface area contributed by atoms with Gasteiger partial charge in [-0.2, -0.15) is 0 Å². The molecule has 64 valence electrons. The minimum absolute atomic E-state index is 0.403. The number of likely N-dealkylation sites (N-methyl/N-ethyl adjacent to an activating group) is 1. The zero-order valence-electron chi connectivity index (χ0n) is 7.49. The van der Waals surface area contributed by atoms with Crippen molar-refractivity contribution in [1.82, 2.24) is 4.90 Å². The first-order valence-electron chi connectivity index (χ1n) is 4.25. The van der Waals surface area contributed by atoms with Gasteiger partial charge in [-0.1, -0.05) is 18.2 Å². The summed E-state index contributed by atoms with van der Waals surface area (Å²) in [6.45, 7) is 2.12. The smallest absolute Gasteiger partial charge is 0.0587 e. The van der Waals surface area contributed by atoms with Gasteiger partial charge in [0.15, 0.2) is 0 Å². The summed E-state index contributed by atoms with van der Waals surface area (Å²) < 4.78 is 0. The van der Waals surface area contributed by atoms with Gasteiger partial charge in [0.2, 0.25) is 0 Å². The lowest BCUT2D eigenvalue weighted by atomic mass is 9.94. The number of allylic oxidation sites excluding steroid dienone is 3. The van der Waals surface area contributed by atoms with Crippen LogP contribution >= 0.6 is 0 Å². The molecule has 12 heavy (non-hydrogen) atoms. The molecule has 0 spiro atoms. The monoisotopic (exact) mass is 162 g/mol. The van der Waals surface area contributed by atoms with Crippen LogP contribution in [0, 0.1) is 5.92 Å². The second-order valence-corrected chi connectivity index (χ2v) is 3.49. The summed E-state index contributed by atoms with van der Waals surface area (Å²) in [5, 5.41) is 0. The van der Waals surface area contributed by atoms with Crippen LogP contribution in [0.2, 0.25) is 0 Å². The Kier molecular flexibility index (Phi) is 1.50. The third-order valence-corrected chi connectivity index (χ3v) is 2.77. The second kappa shape index (κ2) is 2.41. The van der Waals surface area contributed by atoms with Crippen LogP contribution in [-0.2, 0) is 0 Å². The molecular weight excluding hydrogens is 148 g/mol. The largest absolute Gasteiger partial charge is 0.401 e. The summed E-state index contributed by atoms with van der Waals surface area (Å²) in [7, 11) is 2.11. The van der Waals surface area contributed by atoms with Gasteiger partial charge in [-0.25, -0.2) is 0 Å². The Morgan fingerprint density at radius 3 is 2.92 bits per heavy atom. The van der Waals surface area contributed by atoms with E-state index in [0.29, 0.717) is 12.0 Å². The summed E-state index contributed by atoms with van der Waals surface area (Å²) in [5.74, 6) is 0.403. The van der Waals surface area contributed by atoms with E-state index in [1.807, 2.05) is 12.2 Å². The Hall–Kier alpha value is -1.18. The third kappa shape index (κ3) is 0.876. The van der Waals surface area contributed by atoms with E-state index in [0.717, 1.165) is 5.70 Å². The molecule has 0 fully saturated rings. The van der Waals surface area contributed by atoms with E-state index in [1.54, 1.807) is 0 Å². The van der Waals surface area contributed by atoms with Crippen molar-refractivity contribution < 1.29 is 0 Å². The lowest BCUT2D eigenvalue weighted by Gasteiger charge is -2.27. The lowest BCUT2D eigenvalue weighted by molar-refractivity contribution is 0.350. The number of fused-ring (bicyclic) bond motifs is 1. The van der Waals surface area contributed by atoms with Crippen LogP contribution < -0.4 is 5.73 Å². The Morgan fingerprint density at radius 1 is 1.50 bits per heavy atom. The molecule has 1 aliphatic carbocycles. The summed E-state index contributed by atoms with van der Waals surface area (Å²) in [5.41, 5.74) is 8.17. The van der Waals surface area contributed by atoms with Gasteiger partial charge >= 0.3 is 0 Å². The Bertz CT molecular complexity index is 286. The van der Waals surface area contributed by atoms with Crippen LogP contribution in [-0.4, -0.2) is 18.0 Å². The second-order valence-electron chi connectivity index (χ2n) is 3.49. The first kappa shape index (κ1) is 7.47. The molecule has 0 aromatic carbocycles. The fraction of sp³-hybridized carbons (Fsp3) is 0.400. The number of nitrogens with two attached hydrogens (primary N) is 1. The average molecular weight is 162 g/mol. The van der Waals surface area contributed by atoms with Crippen molar-refractivity contribution in [1.29, 1.82) is 0 Å². The highest BCUT2D eigenvalue weighted by Crippen LogP contribution is 2.31. The van der Waals surface area contributed by atoms with E-state index in [9.17, 15) is 0 Å². The van der Waals surface area contributed by atoms with Crippen LogP contribution in [0.4, 0.5) is 0 Å². The molecule has 2 heteroatoms. The van der Waals surface area contributed by atoms with Gasteiger partial charge in [0.05, 0.1) is 6.04 Å². The zero-order valence-corrected chi connectivity index (χ0v) is 7.49. The molecule has 2 rings (SSSR count). The predicted molar refractivity (Wildman–Crippen MR) is 50.2 cm³/mol. The summed E-state index contributed by atoms with van der Waals surface area (Å²) in [6.07, 6.45) is 8.47. The number of hydrogen-bond acceptors (Lipinski definition) is 2. The first-order valence-corrected chi connectivity index (χ1v) is 4.25. The summed E-state index contributed by atoms with van der Waals surface area (Å²) >= 11 is 0. The highest BCUT2D eigenvalue weighted by atomic mass is 15.2. The molecule has 2 N–H and O–H groups in total. The molecule has 1 aliphatic heterocycles. The quantitative estimate of drug-likeness (QED) is 0.580. The fourth-order valence-corrected chi connectivity index (χ4v) is 1.89. The highest BCUT2D eigenvalue weighted by molar-refractivity contribution is 5.33. The topological polar surface area (TPSA) is 29.3 Å². The maximum atomic E-state index is 5.88. The third-order valence-electron chi connectivity index (χ3n) is 2.77. The van der Waals surface area contributed by atoms with E-state index in [2.05, 4.69) is 31.0 Å². The van der Waals surface area contributed by atoms with Gasteiger partial charge in [-0.15, -0.1) is 0 Å². The molecular formula is C10H14N2. The van der Waals surface area contributed by atoms with E-state index in [-0.39, 0.29) is 0 Å². The van der Waals surface area contributed by atoms with Crippen LogP contribution in [0.1, 0.15) is 6.92 Å². The lowest BCUT2D eigenvalue weighted by Crippen LogP contribution is -2.32. The molecule has 2 atom stereocenters. The number of rotatable bonds is 0. The van der Waals surface area contributed by atoms with Gasteiger partial charge in [-0.05, 0) is 13.0 Å². The Morgan fingerprint density at radius 2 is 2.25 bits per heavy atom. The van der Waals surface area contributed by atoms with Gasteiger partial charge < -0.3 is 10.6 Å². The van der Waals surface area contributed by atoms with Gasteiger partial charge in [0.1, 0.15) is 0 Å². The molecule has 2 unspecified atom stereocenters. The van der Waals surface area contributed by atoms with Crippen LogP contribution in [0.25, 0.3) is 0 Å². The molecule has 1 heterocycles. The SMILES string of the molecule is CC1=CC2C(N)=CC=CC2N1C. The predicted octanol–water partition coefficient (Wildman–Crippen LogP) is 1.23. The highest BCUT2D eigenvalue weighted by Gasteiger charge is 2.30. The van der Waals surface area contributed by atoms with Crippen molar-refractivity contribution in [3.8, 4) is 0 Å². The normalized spacial score (nSPS) is 33.0. The number of hydrogen-bond donors (Lipinski definition) is 1. The van der Waals surface area contributed by atoms with Crippen molar-refractivity contribution >= 4 is 0 Å². The van der Waals surface area contributed by atoms with Gasteiger partial charge in [0, 0.05) is 24.4 Å². The van der Waals surface area contributed by atoms with Crippen molar-refractivity contribution in [3.63, 3.8) is 0 Å². The maximum absolute atomic E-state index is 5.88. The van der Waals surface area contributed by atoms with Crippen molar-refractivity contribution in [3.05, 3.63) is 35.7 Å². The molecule has 0 saturated carbocycles. The van der Waals surface area contributed by atoms with Gasteiger partial charge in [-0.3, -0.25) is 0 Å². The molecule has 0 aromatic heterocycles. The van der Waals surface area contributed by atoms with Gasteiger partial charge in [0.25, 0.3) is 0 Å². The maximum Gasteiger partial charge on any atom is 0.0587 e. The van der Waals surface area contributed by atoms with E-state index >= 15 is 0 Å². The molecule has 0 amide bonds. The molecule has 2 nitrogen and oxygen atoms in total. The minimum atomic E-state index is 0.403. The Labute approximate surface area is 73.0 Å². The molecule has 0 radical (unpaired) electrons. The van der Waals surface area contributed by atoms with Crippen LogP contribution in [0.3, 0.4) is 0 Å². The standard InChI is InChI=1S/C10H14N2/c1-7-6-8-9(11)4-3-5-10(8)12(7)2/h3-6,8,10H,11H2,1-2H3. The summed E-state index contributed by atoms with van der Waals surface area (Å²) in [4.78, 5) is 2.26. The Balaban J connectivity index is 2.34. The van der Waals surface area contributed by atoms with Crippen LogP contribution in [0.15, 0.2) is 35.7 Å². The minimum Gasteiger partial charge on any atom is -0.401 e. The van der Waals surface area contributed by atoms with Crippen molar-refractivity contribution in [2.24, 2.45) is 11.7 Å². The van der Waals surface area contributed by atoms with Crippen molar-refractivity contribution in [2.75, 3.05) is 7.05 Å². The summed E-state index contributed by atoms with van der Waals surface area (Å²) in [6, 6.07) is 0.454. The zero-order chi connectivity index (χ0) is 8.72. The number of nitrogens with zero attached hydrogens (tertiary/aromatic N) is 1. The molecule has 2 aliphatic rings. The fourth-order valence-electron chi connectivity index (χ4n) is 1.89. The van der Waals surface area contributed by atoms with Crippen molar-refractivity contribution in [2.45, 2.75) is 13.0 Å².